The molecule has 1 heterocycles. The highest BCUT2D eigenvalue weighted by molar-refractivity contribution is 6.13. The van der Waals surface area contributed by atoms with Crippen LogP contribution < -0.4 is 0 Å². The molecular weight excluding hydrogens is 272 g/mol. The van der Waals surface area contributed by atoms with Crippen molar-refractivity contribution in [3.63, 3.8) is 0 Å². The molecule has 2 rings (SSSR count). The van der Waals surface area contributed by atoms with E-state index >= 15 is 0 Å². The van der Waals surface area contributed by atoms with Crippen LogP contribution in [0.3, 0.4) is 0 Å². The van der Waals surface area contributed by atoms with Crippen LogP contribution in [0.4, 0.5) is 8.78 Å². The summed E-state index contributed by atoms with van der Waals surface area (Å²) in [6.07, 6.45) is 2.48. The maximum absolute atomic E-state index is 13.3. The number of hydrogen-bond donors (Lipinski definition) is 0. The van der Waals surface area contributed by atoms with Crippen molar-refractivity contribution in [2.24, 2.45) is 4.99 Å². The SMILES string of the molecule is C=C1CC=C(C(C)(F)F)N=C1c1ccc(C=O)cc1.CC. The lowest BCUT2D eigenvalue weighted by Gasteiger charge is -2.19. The number of halogens is 2. The van der Waals surface area contributed by atoms with Crippen molar-refractivity contribution in [2.45, 2.75) is 33.1 Å². The summed E-state index contributed by atoms with van der Waals surface area (Å²) in [6, 6.07) is 6.62. The van der Waals surface area contributed by atoms with E-state index in [4.69, 9.17) is 0 Å². The number of carbonyl (C=O) groups is 1. The second kappa shape index (κ2) is 7.07. The average molecular weight is 291 g/mol. The lowest BCUT2D eigenvalue weighted by Crippen LogP contribution is -2.18. The van der Waals surface area contributed by atoms with Crippen molar-refractivity contribution >= 4 is 12.0 Å². The summed E-state index contributed by atoms with van der Waals surface area (Å²) in [6.45, 7) is 8.66. The van der Waals surface area contributed by atoms with Gasteiger partial charge in [0, 0.05) is 18.1 Å². The van der Waals surface area contributed by atoms with E-state index in [1.807, 2.05) is 13.8 Å². The van der Waals surface area contributed by atoms with Crippen LogP contribution in [0.25, 0.3) is 0 Å². The molecule has 0 radical (unpaired) electrons. The topological polar surface area (TPSA) is 29.4 Å². The van der Waals surface area contributed by atoms with Gasteiger partial charge in [-0.3, -0.25) is 4.79 Å². The van der Waals surface area contributed by atoms with Crippen LogP contribution in [-0.4, -0.2) is 17.9 Å². The van der Waals surface area contributed by atoms with E-state index in [1.165, 1.54) is 6.08 Å². The standard InChI is InChI=1S/C15H13F2NO.C2H6/c1-10-3-8-13(15(2,16)17)18-14(10)12-6-4-11(9-19)5-7-12;1-2/h4-9H,1,3H2,2H3;1-2H3. The molecule has 0 saturated heterocycles. The van der Waals surface area contributed by atoms with Gasteiger partial charge in [0.2, 0.25) is 0 Å². The number of rotatable bonds is 3. The Morgan fingerprint density at radius 1 is 1.24 bits per heavy atom. The molecular formula is C17H19F2NO. The minimum atomic E-state index is -2.96. The molecule has 0 saturated carbocycles. The van der Waals surface area contributed by atoms with Gasteiger partial charge in [0.15, 0.2) is 0 Å². The molecule has 0 spiro atoms. The lowest BCUT2D eigenvalue weighted by atomic mass is 9.96. The zero-order chi connectivity index (χ0) is 16.0. The summed E-state index contributed by atoms with van der Waals surface area (Å²) in [7, 11) is 0. The first-order valence-electron chi connectivity index (χ1n) is 6.82. The van der Waals surface area contributed by atoms with E-state index in [9.17, 15) is 13.6 Å². The van der Waals surface area contributed by atoms with E-state index in [1.54, 1.807) is 24.3 Å². The summed E-state index contributed by atoms with van der Waals surface area (Å²) in [4.78, 5) is 14.6. The summed E-state index contributed by atoms with van der Waals surface area (Å²) in [5.74, 6) is -2.96. The van der Waals surface area contributed by atoms with Gasteiger partial charge in [0.1, 0.15) is 12.0 Å². The summed E-state index contributed by atoms with van der Waals surface area (Å²) < 4.78 is 26.6. The molecule has 112 valence electrons. The van der Waals surface area contributed by atoms with Gasteiger partial charge in [-0.15, -0.1) is 0 Å². The van der Waals surface area contributed by atoms with Crippen molar-refractivity contribution < 1.29 is 13.6 Å². The van der Waals surface area contributed by atoms with Gasteiger partial charge in [0.25, 0.3) is 5.92 Å². The third kappa shape index (κ3) is 4.18. The summed E-state index contributed by atoms with van der Waals surface area (Å²) >= 11 is 0. The molecule has 0 aliphatic carbocycles. The molecule has 0 fully saturated rings. The molecule has 0 N–H and O–H groups in total. The zero-order valence-electron chi connectivity index (χ0n) is 12.5. The number of aldehydes is 1. The summed E-state index contributed by atoms with van der Waals surface area (Å²) in [5.41, 5.74) is 2.12. The normalized spacial score (nSPS) is 14.6. The number of benzene rings is 1. The van der Waals surface area contributed by atoms with Crippen LogP contribution in [0.2, 0.25) is 0 Å². The quantitative estimate of drug-likeness (QED) is 0.735. The molecule has 0 unspecified atom stereocenters. The Hall–Kier alpha value is -2.10. The Labute approximate surface area is 123 Å². The minimum Gasteiger partial charge on any atom is -0.298 e. The zero-order valence-corrected chi connectivity index (χ0v) is 12.5. The Morgan fingerprint density at radius 2 is 1.81 bits per heavy atom. The van der Waals surface area contributed by atoms with Crippen LogP contribution in [0.5, 0.6) is 0 Å². The predicted molar refractivity (Wildman–Crippen MR) is 82.2 cm³/mol. The molecule has 0 bridgehead atoms. The van der Waals surface area contributed by atoms with Crippen LogP contribution in [-0.2, 0) is 0 Å². The maximum Gasteiger partial charge on any atom is 0.286 e. The third-order valence-electron chi connectivity index (χ3n) is 2.88. The highest BCUT2D eigenvalue weighted by Gasteiger charge is 2.30. The molecule has 1 aromatic rings. The molecule has 1 aliphatic heterocycles. The first-order chi connectivity index (χ1) is 9.91. The second-order valence-corrected chi connectivity index (χ2v) is 4.49. The maximum atomic E-state index is 13.3. The van der Waals surface area contributed by atoms with Crippen molar-refractivity contribution in [3.8, 4) is 0 Å². The molecule has 4 heteroatoms. The van der Waals surface area contributed by atoms with Gasteiger partial charge in [-0.05, 0) is 12.0 Å². The fraction of sp³-hybridized carbons (Fsp3) is 0.294. The molecule has 0 amide bonds. The van der Waals surface area contributed by atoms with Crippen LogP contribution in [0, 0.1) is 0 Å². The number of aliphatic imine (C=N–C) groups is 1. The fourth-order valence-corrected chi connectivity index (χ4v) is 1.83. The molecule has 1 aliphatic rings. The van der Waals surface area contributed by atoms with Gasteiger partial charge in [-0.1, -0.05) is 50.8 Å². The summed E-state index contributed by atoms with van der Waals surface area (Å²) in [5, 5.41) is 0. The van der Waals surface area contributed by atoms with E-state index in [0.717, 1.165) is 13.2 Å². The average Bonchev–Trinajstić information content (AvgIpc) is 2.49. The number of allylic oxidation sites excluding steroid dienone is 3. The molecule has 0 atom stereocenters. The van der Waals surface area contributed by atoms with E-state index < -0.39 is 5.92 Å². The fourth-order valence-electron chi connectivity index (χ4n) is 1.83. The van der Waals surface area contributed by atoms with Crippen LogP contribution in [0.1, 0.15) is 43.1 Å². The van der Waals surface area contributed by atoms with Gasteiger partial charge in [-0.2, -0.15) is 8.78 Å². The highest BCUT2D eigenvalue weighted by Crippen LogP contribution is 2.30. The predicted octanol–water partition coefficient (Wildman–Crippen LogP) is 4.81. The number of carbonyl (C=O) groups excluding carboxylic acids is 1. The van der Waals surface area contributed by atoms with Crippen LogP contribution >= 0.6 is 0 Å². The van der Waals surface area contributed by atoms with Crippen molar-refractivity contribution in [1.82, 2.24) is 0 Å². The van der Waals surface area contributed by atoms with Gasteiger partial charge >= 0.3 is 0 Å². The lowest BCUT2D eigenvalue weighted by molar-refractivity contribution is 0.0617. The minimum absolute atomic E-state index is 0.241. The second-order valence-electron chi connectivity index (χ2n) is 4.49. The first-order valence-corrected chi connectivity index (χ1v) is 6.82. The Morgan fingerprint density at radius 3 is 2.29 bits per heavy atom. The van der Waals surface area contributed by atoms with Gasteiger partial charge in [-0.25, -0.2) is 4.99 Å². The van der Waals surface area contributed by atoms with E-state index in [0.29, 0.717) is 28.8 Å². The largest absolute Gasteiger partial charge is 0.298 e. The highest BCUT2D eigenvalue weighted by atomic mass is 19.3. The Bertz CT molecular complexity index is 578. The van der Waals surface area contributed by atoms with E-state index in [-0.39, 0.29) is 5.70 Å². The number of nitrogens with zero attached hydrogens (tertiary/aromatic N) is 1. The number of alkyl halides is 2. The Balaban J connectivity index is 0.00000106. The smallest absolute Gasteiger partial charge is 0.286 e. The van der Waals surface area contributed by atoms with Gasteiger partial charge in [0.05, 0.1) is 5.71 Å². The van der Waals surface area contributed by atoms with Crippen molar-refractivity contribution in [1.29, 1.82) is 0 Å². The molecule has 2 nitrogen and oxygen atoms in total. The first kappa shape index (κ1) is 17.0. The molecule has 1 aromatic carbocycles. The Kier molecular flexibility index (Phi) is 5.70. The molecule has 0 aromatic heterocycles. The molecule has 21 heavy (non-hydrogen) atoms. The van der Waals surface area contributed by atoms with E-state index in [2.05, 4.69) is 11.6 Å². The number of hydrogen-bond acceptors (Lipinski definition) is 2. The third-order valence-corrected chi connectivity index (χ3v) is 2.88. The van der Waals surface area contributed by atoms with Crippen molar-refractivity contribution in [2.75, 3.05) is 0 Å². The van der Waals surface area contributed by atoms with Gasteiger partial charge < -0.3 is 0 Å². The van der Waals surface area contributed by atoms with Crippen molar-refractivity contribution in [3.05, 3.63) is 59.3 Å². The monoisotopic (exact) mass is 291 g/mol. The van der Waals surface area contributed by atoms with Crippen LogP contribution in [0.15, 0.2) is 53.2 Å².